The lowest BCUT2D eigenvalue weighted by Crippen LogP contribution is -2.64. The van der Waals surface area contributed by atoms with Crippen molar-refractivity contribution in [2.24, 2.45) is 35.5 Å². The Hall–Kier alpha value is -5.90. The molecule has 0 bridgehead atoms. The molecule has 0 aromatic rings. The zero-order valence-corrected chi connectivity index (χ0v) is 65.3. The van der Waals surface area contributed by atoms with E-state index in [1.165, 1.54) is 111 Å². The predicted molar refractivity (Wildman–Crippen MR) is 385 cm³/mol. The van der Waals surface area contributed by atoms with E-state index < -0.39 is 160 Å². The Labute approximate surface area is 591 Å². The Morgan fingerprint density at radius 1 is 0.531 bits per heavy atom. The molecule has 2 fully saturated rings. The van der Waals surface area contributed by atoms with Gasteiger partial charge in [-0.2, -0.15) is 0 Å². The number of aliphatic hydroxyl groups excluding tert-OH is 1. The summed E-state index contributed by atoms with van der Waals surface area (Å²) in [7, 11) is 13.6. The summed E-state index contributed by atoms with van der Waals surface area (Å²) < 4.78 is 5.87. The maximum absolute atomic E-state index is 15.6. The fourth-order valence-electron chi connectivity index (χ4n) is 12.5. The van der Waals surface area contributed by atoms with Crippen LogP contribution in [0.25, 0.3) is 0 Å². The van der Waals surface area contributed by atoms with Gasteiger partial charge in [-0.05, 0) is 128 Å². The molecule has 0 radical (unpaired) electrons. The molecule has 2 aliphatic rings. The smallest absolute Gasteiger partial charge is 0.256 e. The largest absolute Gasteiger partial charge is 0.390 e. The van der Waals surface area contributed by atoms with Gasteiger partial charge in [-0.1, -0.05) is 95.2 Å². The molecule has 0 aromatic carbocycles. The summed E-state index contributed by atoms with van der Waals surface area (Å²) in [4.78, 5) is 179. The molecule has 13 atom stereocenters. The fourth-order valence-corrected chi connectivity index (χ4v) is 13.7. The van der Waals surface area contributed by atoms with E-state index in [-0.39, 0.29) is 49.9 Å². The molecule has 98 heavy (non-hydrogen) atoms. The Morgan fingerprint density at radius 3 is 1.49 bits per heavy atom. The van der Waals surface area contributed by atoms with Crippen LogP contribution in [0.5, 0.6) is 0 Å². The minimum Gasteiger partial charge on any atom is -0.390 e. The first kappa shape index (κ1) is 88.2. The second-order valence-corrected chi connectivity index (χ2v) is 31.2. The molecule has 562 valence electrons. The number of rotatable bonds is 21. The number of carbonyl (C=O) groups excluding carboxylic acids is 11. The quantitative estimate of drug-likeness (QED) is 0.0808. The summed E-state index contributed by atoms with van der Waals surface area (Å²) in [5, 5.41) is 22.3. The second kappa shape index (κ2) is 40.5. The number of carbonyl (C=O) groups is 11. The van der Waals surface area contributed by atoms with Gasteiger partial charge >= 0.3 is 0 Å². The fraction of sp³-hybridized carbons (Fsp3) is 0.817. The zero-order valence-electron chi connectivity index (χ0n) is 64.5. The van der Waals surface area contributed by atoms with Gasteiger partial charge in [0, 0.05) is 89.0 Å². The lowest BCUT2D eigenvalue weighted by Gasteiger charge is -2.41. The van der Waals surface area contributed by atoms with Crippen molar-refractivity contribution < 1.29 is 62.6 Å². The highest BCUT2D eigenvalue weighted by Crippen LogP contribution is 2.29. The van der Waals surface area contributed by atoms with Crippen molar-refractivity contribution in [3.63, 3.8) is 0 Å². The van der Waals surface area contributed by atoms with Gasteiger partial charge in [0.1, 0.15) is 60.4 Å². The van der Waals surface area contributed by atoms with E-state index in [9.17, 15) is 24.3 Å². The number of thioether (sulfide) groups is 1. The normalized spacial score (nSPS) is 27.2. The van der Waals surface area contributed by atoms with Crippen LogP contribution in [0.15, 0.2) is 12.2 Å². The average Bonchev–Trinajstić information content (AvgIpc) is 0.806. The standard InChI is InChI=1S/C71H129N13O13S/c1-27-29-31-47(13)58(85)57-62(89)74-50(28-2)64(91)83(25)70(98-37-30-32-84-35-33-76(18)34-36-84)69(96)80(22)54(41-71(16,17)97-26)61(88)75-55(45(9)10)67(94)77(19)51(38-42(3)4)60(87)72-48(14)59(86)73-49(15)63(90)78(20)52(39-43(5)6)65(92)79(21)53(40-44(7)8)66(93)81(23)56(46(11)12)68(95)82(57)24/h27,29,42-58,70,85H,28,30-41H2,1-26H3,(H,72,87)(H,73,86)(H,74,89)(H,75,88)/b29-27+/t47-,48+,49-,50+,51+,52+,53+,54+,55+,56+,57+,58-,70-/m1/s1. The lowest BCUT2D eigenvalue weighted by molar-refractivity contribution is -0.157. The molecule has 0 aromatic heterocycles. The van der Waals surface area contributed by atoms with Gasteiger partial charge in [0.2, 0.25) is 59.1 Å². The van der Waals surface area contributed by atoms with Crippen LogP contribution in [0.2, 0.25) is 0 Å². The second-order valence-electron chi connectivity index (χ2n) is 30.1. The third-order valence-electron chi connectivity index (χ3n) is 19.2. The molecular formula is C71H129N13O13S. The molecule has 0 aliphatic carbocycles. The molecule has 11 amide bonds. The highest BCUT2D eigenvalue weighted by Gasteiger charge is 2.47. The number of nitrogens with one attached hydrogen (secondary N) is 4. The average molecular weight is 1400 g/mol. The van der Waals surface area contributed by atoms with E-state index in [0.717, 1.165) is 31.1 Å². The van der Waals surface area contributed by atoms with E-state index in [1.54, 1.807) is 61.5 Å². The molecule has 2 heterocycles. The van der Waals surface area contributed by atoms with Crippen LogP contribution in [0.4, 0.5) is 0 Å². The van der Waals surface area contributed by atoms with Crippen molar-refractivity contribution in [3.8, 4) is 0 Å². The maximum Gasteiger partial charge on any atom is 0.256 e. The summed E-state index contributed by atoms with van der Waals surface area (Å²) in [5.74, 6) is -9.52. The van der Waals surface area contributed by atoms with Gasteiger partial charge in [0.15, 0.2) is 5.37 Å². The number of hydrogen-bond donors (Lipinski definition) is 5. The van der Waals surface area contributed by atoms with Crippen molar-refractivity contribution in [2.75, 3.05) is 102 Å². The van der Waals surface area contributed by atoms with Crippen LogP contribution in [-0.4, -0.2) is 294 Å². The van der Waals surface area contributed by atoms with Crippen molar-refractivity contribution >= 4 is 76.7 Å². The molecule has 26 nitrogen and oxygen atoms in total. The SMILES string of the molecule is C/C=C/C[C@@H](C)[C@@H](O)[C@H]1C(=O)N[C@@H](CC)C(=O)N(C)[C@H](SCCCN2CCN(C)CC2)C(=O)N(C)[C@@H](CC(C)(C)OC)C(=O)N[C@@H](C(C)C)C(=O)N(C)[C@@H](CC(C)C)C(=O)N[C@@H](C)C(=O)N[C@H](C)C(=O)N(C)[C@@H](CC(C)C)C(=O)N(C)[C@@H](CC(C)C)C(=O)N(C)[C@@H](C(C)C)C(=O)N1C. The summed E-state index contributed by atoms with van der Waals surface area (Å²) in [6.45, 7) is 34.0. The van der Waals surface area contributed by atoms with E-state index >= 15 is 33.6 Å². The Bertz CT molecular complexity index is 2690. The first-order chi connectivity index (χ1) is 45.4. The van der Waals surface area contributed by atoms with E-state index in [4.69, 9.17) is 4.74 Å². The summed E-state index contributed by atoms with van der Waals surface area (Å²) in [6.07, 6.45) is 3.32. The molecule has 0 unspecified atom stereocenters. The van der Waals surface area contributed by atoms with E-state index in [2.05, 4.69) is 38.1 Å². The minimum absolute atomic E-state index is 0.00940. The van der Waals surface area contributed by atoms with Crippen LogP contribution in [0.3, 0.4) is 0 Å². The number of hydrogen-bond acceptors (Lipinski definition) is 16. The molecule has 0 saturated carbocycles. The van der Waals surface area contributed by atoms with Gasteiger partial charge in [0.25, 0.3) is 5.91 Å². The van der Waals surface area contributed by atoms with Crippen LogP contribution in [-0.2, 0) is 57.5 Å². The number of aliphatic hydroxyl groups is 1. The van der Waals surface area contributed by atoms with E-state index in [0.29, 0.717) is 25.1 Å². The molecule has 0 spiro atoms. The molecule has 2 aliphatic heterocycles. The minimum atomic E-state index is -1.65. The summed E-state index contributed by atoms with van der Waals surface area (Å²) in [5.41, 5.74) is -1.05. The predicted octanol–water partition coefficient (Wildman–Crippen LogP) is 3.73. The first-order valence-corrected chi connectivity index (χ1v) is 36.4. The van der Waals surface area contributed by atoms with Crippen LogP contribution >= 0.6 is 11.8 Å². The number of methoxy groups -OCH3 is 1. The number of piperazine rings is 1. The van der Waals surface area contributed by atoms with Gasteiger partial charge in [-0.25, -0.2) is 0 Å². The van der Waals surface area contributed by atoms with Crippen molar-refractivity contribution in [3.05, 3.63) is 12.2 Å². The Morgan fingerprint density at radius 2 is 1.00 bits per heavy atom. The van der Waals surface area contributed by atoms with E-state index in [1.807, 2.05) is 54.5 Å². The maximum atomic E-state index is 15.6. The third kappa shape index (κ3) is 25.0. The Kier molecular flexibility index (Phi) is 36.5. The van der Waals surface area contributed by atoms with Crippen LogP contribution < -0.4 is 21.3 Å². The number of allylic oxidation sites excluding steroid dienone is 2. The number of amides is 11. The number of likely N-dealkylation sites (N-methyl/N-ethyl adjacent to an activating group) is 8. The van der Waals surface area contributed by atoms with Crippen molar-refractivity contribution in [1.29, 1.82) is 0 Å². The third-order valence-corrected chi connectivity index (χ3v) is 20.6. The summed E-state index contributed by atoms with van der Waals surface area (Å²) in [6, 6.07) is -12.8. The monoisotopic (exact) mass is 1400 g/mol. The molecule has 2 saturated heterocycles. The molecule has 2 rings (SSSR count). The number of ether oxygens (including phenoxy) is 1. The Balaban J connectivity index is 3.14. The topological polar surface area (TPSA) is 295 Å². The molecule has 5 N–H and O–H groups in total. The molecular weight excluding hydrogens is 1270 g/mol. The van der Waals surface area contributed by atoms with Crippen molar-refractivity contribution in [2.45, 2.75) is 240 Å². The highest BCUT2D eigenvalue weighted by molar-refractivity contribution is 8.00. The van der Waals surface area contributed by atoms with Gasteiger partial charge < -0.3 is 75.2 Å². The van der Waals surface area contributed by atoms with Crippen LogP contribution in [0, 0.1) is 35.5 Å². The zero-order chi connectivity index (χ0) is 75.3. The summed E-state index contributed by atoms with van der Waals surface area (Å²) >= 11 is 1.19. The van der Waals surface area contributed by atoms with Gasteiger partial charge in [-0.15, -0.1) is 11.8 Å². The van der Waals surface area contributed by atoms with Gasteiger partial charge in [-0.3, -0.25) is 52.7 Å². The lowest BCUT2D eigenvalue weighted by atomic mass is 9.91. The van der Waals surface area contributed by atoms with Crippen LogP contribution in [0.1, 0.15) is 163 Å². The molecule has 27 heteroatoms. The first-order valence-electron chi connectivity index (χ1n) is 35.4. The number of nitrogens with zero attached hydrogens (tertiary/aromatic N) is 9. The van der Waals surface area contributed by atoms with Crippen molar-refractivity contribution in [1.82, 2.24) is 65.4 Å². The highest BCUT2D eigenvalue weighted by atomic mass is 32.2. The van der Waals surface area contributed by atoms with Gasteiger partial charge in [0.05, 0.1) is 11.7 Å².